The lowest BCUT2D eigenvalue weighted by Gasteiger charge is -2.35. The van der Waals surface area contributed by atoms with Gasteiger partial charge in [-0.25, -0.2) is 0 Å². The Balaban J connectivity index is 0.00000220. The van der Waals surface area contributed by atoms with E-state index in [1.165, 1.54) is 0 Å². The van der Waals surface area contributed by atoms with Gasteiger partial charge in [-0.3, -0.25) is 4.79 Å². The van der Waals surface area contributed by atoms with Crippen LogP contribution in [0, 0.1) is 12.3 Å². The number of ether oxygens (including phenoxy) is 1. The first-order valence-electron chi connectivity index (χ1n) is 6.85. The third-order valence-electron chi connectivity index (χ3n) is 3.83. The Hall–Kier alpha value is -0.810. The molecular weight excluding hydrogens is 311 g/mol. The van der Waals surface area contributed by atoms with Crippen LogP contribution in [-0.2, 0) is 9.53 Å². The maximum absolute atomic E-state index is 12.7. The minimum Gasteiger partial charge on any atom is -0.384 e. The monoisotopic (exact) mass is 332 g/mol. The zero-order valence-electron chi connectivity index (χ0n) is 12.4. The van der Waals surface area contributed by atoms with Crippen LogP contribution in [0.2, 0.25) is 5.02 Å². The Morgan fingerprint density at radius 3 is 2.71 bits per heavy atom. The fourth-order valence-corrected chi connectivity index (χ4v) is 2.77. The number of nitrogens with one attached hydrogen (secondary N) is 2. The van der Waals surface area contributed by atoms with Gasteiger partial charge in [-0.2, -0.15) is 0 Å². The van der Waals surface area contributed by atoms with E-state index >= 15 is 0 Å². The highest BCUT2D eigenvalue weighted by Crippen LogP contribution is 2.32. The van der Waals surface area contributed by atoms with Crippen molar-refractivity contribution >= 4 is 35.6 Å². The number of hydrogen-bond acceptors (Lipinski definition) is 3. The van der Waals surface area contributed by atoms with Crippen LogP contribution in [0.15, 0.2) is 18.2 Å². The number of hydrogen-bond donors (Lipinski definition) is 2. The number of rotatable bonds is 4. The third kappa shape index (κ3) is 4.33. The van der Waals surface area contributed by atoms with E-state index in [2.05, 4.69) is 10.6 Å². The van der Waals surface area contributed by atoms with Crippen molar-refractivity contribution in [3.63, 3.8) is 0 Å². The Bertz CT molecular complexity index is 483. The number of piperidine rings is 1. The van der Waals surface area contributed by atoms with Gasteiger partial charge in [0, 0.05) is 7.11 Å². The summed E-state index contributed by atoms with van der Waals surface area (Å²) in [4.78, 5) is 12.7. The molecule has 1 amide bonds. The molecular formula is C15H22Cl2N2O2. The minimum atomic E-state index is -0.465. The first kappa shape index (κ1) is 18.2. The molecule has 4 nitrogen and oxygen atoms in total. The quantitative estimate of drug-likeness (QED) is 0.891. The Labute approximate surface area is 137 Å². The summed E-state index contributed by atoms with van der Waals surface area (Å²) >= 11 is 6.14. The number of anilines is 1. The van der Waals surface area contributed by atoms with Crippen LogP contribution in [0.3, 0.4) is 0 Å². The van der Waals surface area contributed by atoms with Crippen molar-refractivity contribution in [2.75, 3.05) is 32.1 Å². The Kier molecular flexibility index (Phi) is 6.94. The van der Waals surface area contributed by atoms with Crippen molar-refractivity contribution in [1.82, 2.24) is 5.32 Å². The van der Waals surface area contributed by atoms with Gasteiger partial charge in [-0.05, 0) is 50.6 Å². The van der Waals surface area contributed by atoms with E-state index in [-0.39, 0.29) is 18.3 Å². The van der Waals surface area contributed by atoms with E-state index in [9.17, 15) is 4.79 Å². The fourth-order valence-electron chi connectivity index (χ4n) is 2.61. The maximum Gasteiger partial charge on any atom is 0.233 e. The molecule has 1 aromatic carbocycles. The first-order chi connectivity index (χ1) is 9.57. The van der Waals surface area contributed by atoms with E-state index < -0.39 is 5.41 Å². The molecule has 1 heterocycles. The van der Waals surface area contributed by atoms with Gasteiger partial charge in [0.05, 0.1) is 22.7 Å². The van der Waals surface area contributed by atoms with Gasteiger partial charge in [0.2, 0.25) is 5.91 Å². The molecule has 0 aliphatic carbocycles. The second kappa shape index (κ2) is 7.99. The molecule has 0 spiro atoms. The van der Waals surface area contributed by atoms with Gasteiger partial charge in [0.15, 0.2) is 0 Å². The summed E-state index contributed by atoms with van der Waals surface area (Å²) in [6.45, 7) is 4.07. The molecule has 0 radical (unpaired) electrons. The lowest BCUT2D eigenvalue weighted by Crippen LogP contribution is -2.47. The summed E-state index contributed by atoms with van der Waals surface area (Å²) in [5, 5.41) is 6.80. The molecule has 6 heteroatoms. The van der Waals surface area contributed by atoms with Crippen LogP contribution in [0.25, 0.3) is 0 Å². The number of benzene rings is 1. The summed E-state index contributed by atoms with van der Waals surface area (Å²) in [6, 6.07) is 5.62. The SMILES string of the molecule is COCC1(C(=O)Nc2cc(C)ccc2Cl)CCNCC1.Cl. The first-order valence-corrected chi connectivity index (χ1v) is 7.22. The number of aryl methyl sites for hydroxylation is 1. The molecule has 21 heavy (non-hydrogen) atoms. The lowest BCUT2D eigenvalue weighted by atomic mass is 9.78. The van der Waals surface area contributed by atoms with Crippen LogP contribution < -0.4 is 10.6 Å². The number of amides is 1. The summed E-state index contributed by atoms with van der Waals surface area (Å²) in [7, 11) is 1.64. The molecule has 118 valence electrons. The number of halogens is 2. The van der Waals surface area contributed by atoms with Crippen molar-refractivity contribution in [2.45, 2.75) is 19.8 Å². The summed E-state index contributed by atoms with van der Waals surface area (Å²) < 4.78 is 5.28. The van der Waals surface area contributed by atoms with Gasteiger partial charge in [0.1, 0.15) is 0 Å². The molecule has 1 fully saturated rings. The molecule has 1 aliphatic rings. The van der Waals surface area contributed by atoms with Crippen LogP contribution in [0.5, 0.6) is 0 Å². The van der Waals surface area contributed by atoms with Gasteiger partial charge in [-0.15, -0.1) is 12.4 Å². The smallest absolute Gasteiger partial charge is 0.233 e. The molecule has 0 bridgehead atoms. The third-order valence-corrected chi connectivity index (χ3v) is 4.16. The Morgan fingerprint density at radius 2 is 2.10 bits per heavy atom. The van der Waals surface area contributed by atoms with E-state index in [4.69, 9.17) is 16.3 Å². The highest BCUT2D eigenvalue weighted by Gasteiger charge is 2.39. The van der Waals surface area contributed by atoms with Crippen molar-refractivity contribution < 1.29 is 9.53 Å². The Morgan fingerprint density at radius 1 is 1.43 bits per heavy atom. The predicted molar refractivity (Wildman–Crippen MR) is 88.5 cm³/mol. The molecule has 0 saturated carbocycles. The zero-order valence-corrected chi connectivity index (χ0v) is 13.9. The molecule has 1 saturated heterocycles. The fraction of sp³-hybridized carbons (Fsp3) is 0.533. The molecule has 0 unspecified atom stereocenters. The second-order valence-electron chi connectivity index (χ2n) is 5.40. The van der Waals surface area contributed by atoms with Crippen molar-refractivity contribution in [2.24, 2.45) is 5.41 Å². The number of carbonyl (C=O) groups is 1. The maximum atomic E-state index is 12.7. The van der Waals surface area contributed by atoms with E-state index in [0.29, 0.717) is 17.3 Å². The highest BCUT2D eigenvalue weighted by atomic mass is 35.5. The second-order valence-corrected chi connectivity index (χ2v) is 5.81. The predicted octanol–water partition coefficient (Wildman–Crippen LogP) is 3.02. The van der Waals surface area contributed by atoms with Gasteiger partial charge in [0.25, 0.3) is 0 Å². The number of carbonyl (C=O) groups excluding carboxylic acids is 1. The average molecular weight is 333 g/mol. The summed E-state index contributed by atoms with van der Waals surface area (Å²) in [6.07, 6.45) is 1.55. The van der Waals surface area contributed by atoms with E-state index in [1.54, 1.807) is 13.2 Å². The van der Waals surface area contributed by atoms with Gasteiger partial charge in [-0.1, -0.05) is 17.7 Å². The van der Waals surface area contributed by atoms with Crippen molar-refractivity contribution in [3.05, 3.63) is 28.8 Å². The largest absolute Gasteiger partial charge is 0.384 e. The summed E-state index contributed by atoms with van der Waals surface area (Å²) in [5.41, 5.74) is 1.27. The van der Waals surface area contributed by atoms with Gasteiger partial charge >= 0.3 is 0 Å². The van der Waals surface area contributed by atoms with Crippen molar-refractivity contribution in [3.8, 4) is 0 Å². The van der Waals surface area contributed by atoms with E-state index in [1.807, 2.05) is 19.1 Å². The molecule has 2 N–H and O–H groups in total. The van der Waals surface area contributed by atoms with Crippen molar-refractivity contribution in [1.29, 1.82) is 0 Å². The molecule has 1 aromatic rings. The highest BCUT2D eigenvalue weighted by molar-refractivity contribution is 6.33. The van der Waals surface area contributed by atoms with Gasteiger partial charge < -0.3 is 15.4 Å². The zero-order chi connectivity index (χ0) is 14.6. The normalized spacial score (nSPS) is 16.9. The van der Waals surface area contributed by atoms with Crippen LogP contribution in [-0.4, -0.2) is 32.7 Å². The molecule has 2 rings (SSSR count). The van der Waals surface area contributed by atoms with E-state index in [0.717, 1.165) is 31.5 Å². The topological polar surface area (TPSA) is 50.4 Å². The van der Waals surface area contributed by atoms with Crippen LogP contribution >= 0.6 is 24.0 Å². The molecule has 0 aromatic heterocycles. The number of methoxy groups -OCH3 is 1. The standard InChI is InChI=1S/C15H21ClN2O2.ClH/c1-11-3-4-12(16)13(9-11)18-14(19)15(10-20-2)5-7-17-8-6-15;/h3-4,9,17H,5-8,10H2,1-2H3,(H,18,19);1H. The summed E-state index contributed by atoms with van der Waals surface area (Å²) in [5.74, 6) is -0.00616. The average Bonchev–Trinajstić information content (AvgIpc) is 2.44. The molecule has 1 aliphatic heterocycles. The van der Waals surface area contributed by atoms with Crippen LogP contribution in [0.4, 0.5) is 5.69 Å². The minimum absolute atomic E-state index is 0. The lowest BCUT2D eigenvalue weighted by molar-refractivity contribution is -0.130. The molecule has 0 atom stereocenters. The van der Waals surface area contributed by atoms with Crippen LogP contribution in [0.1, 0.15) is 18.4 Å².